The van der Waals surface area contributed by atoms with Crippen LogP contribution in [0.15, 0.2) is 72.3 Å². The van der Waals surface area contributed by atoms with Crippen LogP contribution in [0.3, 0.4) is 0 Å². The lowest BCUT2D eigenvalue weighted by atomic mass is 9.94. The number of aliphatic hydroxyl groups excluding tert-OH is 1. The maximum atomic E-state index is 13.4. The van der Waals surface area contributed by atoms with Crippen LogP contribution >= 0.6 is 0 Å². The molecule has 1 aliphatic heterocycles. The standard InChI is InChI=1S/C29H27NO7/c1-4-15-37-29(35)19-6-10-20(11-7-19)30-25(18-8-12-21(31)13-9-18)24(27(33)28(30)34)26(32)22-16-17(2)5-14-23(22)36-3/h5-14,16,25,31-32H,4,15H2,1-3H3/b26-24+. The van der Waals surface area contributed by atoms with Gasteiger partial charge in [0.2, 0.25) is 0 Å². The average Bonchev–Trinajstić information content (AvgIpc) is 3.17. The molecular formula is C29H27NO7. The lowest BCUT2D eigenvalue weighted by Gasteiger charge is -2.25. The van der Waals surface area contributed by atoms with Gasteiger partial charge in [0.25, 0.3) is 11.7 Å². The third-order valence-electron chi connectivity index (χ3n) is 6.08. The molecule has 1 atom stereocenters. The number of rotatable bonds is 7. The fraction of sp³-hybridized carbons (Fsp3) is 0.207. The predicted molar refractivity (Wildman–Crippen MR) is 138 cm³/mol. The first kappa shape index (κ1) is 25.5. The third-order valence-corrected chi connectivity index (χ3v) is 6.08. The number of aryl methyl sites for hydroxylation is 1. The van der Waals surface area contributed by atoms with E-state index >= 15 is 0 Å². The Morgan fingerprint density at radius 1 is 1.00 bits per heavy atom. The molecule has 1 aliphatic rings. The van der Waals surface area contributed by atoms with Gasteiger partial charge in [0.05, 0.1) is 36.5 Å². The molecule has 0 radical (unpaired) electrons. The largest absolute Gasteiger partial charge is 0.508 e. The van der Waals surface area contributed by atoms with Gasteiger partial charge in [0.1, 0.15) is 17.3 Å². The average molecular weight is 502 g/mol. The van der Waals surface area contributed by atoms with E-state index in [0.717, 1.165) is 5.56 Å². The van der Waals surface area contributed by atoms with Crippen molar-refractivity contribution in [2.75, 3.05) is 18.6 Å². The van der Waals surface area contributed by atoms with Gasteiger partial charge in [-0.05, 0) is 67.4 Å². The van der Waals surface area contributed by atoms with Gasteiger partial charge in [-0.2, -0.15) is 0 Å². The van der Waals surface area contributed by atoms with Gasteiger partial charge in [0, 0.05) is 5.69 Å². The first-order valence-electron chi connectivity index (χ1n) is 11.8. The number of methoxy groups -OCH3 is 1. The second kappa shape index (κ2) is 10.6. The summed E-state index contributed by atoms with van der Waals surface area (Å²) in [5.41, 5.74) is 2.13. The van der Waals surface area contributed by atoms with E-state index < -0.39 is 23.7 Å². The highest BCUT2D eigenvalue weighted by Crippen LogP contribution is 2.43. The van der Waals surface area contributed by atoms with Gasteiger partial charge in [-0.25, -0.2) is 4.79 Å². The number of ether oxygens (including phenoxy) is 2. The van der Waals surface area contributed by atoms with Gasteiger partial charge in [-0.15, -0.1) is 0 Å². The summed E-state index contributed by atoms with van der Waals surface area (Å²) in [5.74, 6) is -2.22. The molecule has 2 N–H and O–H groups in total. The lowest BCUT2D eigenvalue weighted by Crippen LogP contribution is -2.29. The van der Waals surface area contributed by atoms with E-state index in [0.29, 0.717) is 35.6 Å². The fourth-order valence-corrected chi connectivity index (χ4v) is 4.26. The molecule has 0 saturated carbocycles. The molecule has 0 bridgehead atoms. The number of hydrogen-bond acceptors (Lipinski definition) is 7. The molecule has 8 nitrogen and oxygen atoms in total. The van der Waals surface area contributed by atoms with Gasteiger partial charge in [0.15, 0.2) is 0 Å². The van der Waals surface area contributed by atoms with E-state index in [1.54, 1.807) is 42.5 Å². The molecule has 1 amide bonds. The first-order chi connectivity index (χ1) is 17.8. The predicted octanol–water partition coefficient (Wildman–Crippen LogP) is 4.90. The molecule has 1 unspecified atom stereocenters. The summed E-state index contributed by atoms with van der Waals surface area (Å²) in [6, 6.07) is 16.3. The Labute approximate surface area is 214 Å². The van der Waals surface area contributed by atoms with E-state index in [2.05, 4.69) is 0 Å². The molecule has 3 aromatic rings. The SMILES string of the molecule is CCCOC(=O)c1ccc(N2C(=O)C(=O)/C(=C(/O)c3cc(C)ccc3OC)C2c2ccc(O)cc2)cc1. The van der Waals surface area contributed by atoms with Crippen LogP contribution in [0.1, 0.15) is 46.4 Å². The zero-order chi connectivity index (χ0) is 26.7. The molecule has 4 rings (SSSR count). The number of hydrogen-bond donors (Lipinski definition) is 2. The van der Waals surface area contributed by atoms with E-state index in [4.69, 9.17) is 9.47 Å². The van der Waals surface area contributed by atoms with E-state index in [1.165, 1.54) is 36.3 Å². The van der Waals surface area contributed by atoms with Gasteiger partial charge in [-0.3, -0.25) is 14.5 Å². The van der Waals surface area contributed by atoms with Crippen LogP contribution in [-0.2, 0) is 14.3 Å². The van der Waals surface area contributed by atoms with Gasteiger partial charge < -0.3 is 19.7 Å². The Bertz CT molecular complexity index is 1370. The van der Waals surface area contributed by atoms with Crippen molar-refractivity contribution in [3.8, 4) is 11.5 Å². The Kier molecular flexibility index (Phi) is 7.29. The topological polar surface area (TPSA) is 113 Å². The van der Waals surface area contributed by atoms with Crippen molar-refractivity contribution in [2.24, 2.45) is 0 Å². The normalized spacial score (nSPS) is 16.6. The highest BCUT2D eigenvalue weighted by molar-refractivity contribution is 6.51. The number of aliphatic hydroxyl groups is 1. The molecule has 1 heterocycles. The van der Waals surface area contributed by atoms with Crippen molar-refractivity contribution in [1.82, 2.24) is 0 Å². The summed E-state index contributed by atoms with van der Waals surface area (Å²) in [5, 5.41) is 21.2. The van der Waals surface area contributed by atoms with Crippen molar-refractivity contribution in [2.45, 2.75) is 26.3 Å². The molecule has 8 heteroatoms. The first-order valence-corrected chi connectivity index (χ1v) is 11.8. The lowest BCUT2D eigenvalue weighted by molar-refractivity contribution is -0.132. The smallest absolute Gasteiger partial charge is 0.338 e. The summed E-state index contributed by atoms with van der Waals surface area (Å²) in [6.07, 6.45) is 0.687. The molecule has 1 fully saturated rings. The molecule has 1 saturated heterocycles. The number of esters is 1. The second-order valence-electron chi connectivity index (χ2n) is 8.65. The minimum absolute atomic E-state index is 0.0102. The van der Waals surface area contributed by atoms with Crippen LogP contribution < -0.4 is 9.64 Å². The summed E-state index contributed by atoms with van der Waals surface area (Å²) >= 11 is 0. The van der Waals surface area contributed by atoms with Crippen LogP contribution in [0.5, 0.6) is 11.5 Å². The maximum Gasteiger partial charge on any atom is 0.338 e. The summed E-state index contributed by atoms with van der Waals surface area (Å²) < 4.78 is 10.6. The maximum absolute atomic E-state index is 13.4. The Balaban J connectivity index is 1.86. The highest BCUT2D eigenvalue weighted by atomic mass is 16.5. The molecular weight excluding hydrogens is 474 g/mol. The Hall–Kier alpha value is -4.59. The van der Waals surface area contributed by atoms with Crippen molar-refractivity contribution in [3.63, 3.8) is 0 Å². The molecule has 37 heavy (non-hydrogen) atoms. The second-order valence-corrected chi connectivity index (χ2v) is 8.65. The number of carbonyl (C=O) groups excluding carboxylic acids is 3. The summed E-state index contributed by atoms with van der Waals surface area (Å²) in [6.45, 7) is 4.01. The Morgan fingerprint density at radius 2 is 1.68 bits per heavy atom. The number of aromatic hydroxyl groups is 1. The van der Waals surface area contributed by atoms with E-state index in [9.17, 15) is 24.6 Å². The number of phenols is 1. The van der Waals surface area contributed by atoms with Crippen LogP contribution in [0.4, 0.5) is 5.69 Å². The minimum Gasteiger partial charge on any atom is -0.508 e. The fourth-order valence-electron chi connectivity index (χ4n) is 4.26. The number of Topliss-reactive ketones (excluding diaryl/α,β-unsaturated/α-hetero) is 1. The van der Waals surface area contributed by atoms with Crippen LogP contribution in [0.25, 0.3) is 5.76 Å². The van der Waals surface area contributed by atoms with Gasteiger partial charge >= 0.3 is 5.97 Å². The van der Waals surface area contributed by atoms with Crippen molar-refractivity contribution in [1.29, 1.82) is 0 Å². The quantitative estimate of drug-likeness (QED) is 0.205. The number of nitrogens with zero attached hydrogens (tertiary/aromatic N) is 1. The number of anilines is 1. The number of ketones is 1. The zero-order valence-corrected chi connectivity index (χ0v) is 20.7. The van der Waals surface area contributed by atoms with Crippen molar-refractivity contribution >= 4 is 29.1 Å². The number of phenolic OH excluding ortho intramolecular Hbond substituents is 1. The number of benzene rings is 3. The molecule has 0 aromatic heterocycles. The highest BCUT2D eigenvalue weighted by Gasteiger charge is 2.47. The van der Waals surface area contributed by atoms with Crippen LogP contribution in [0, 0.1) is 6.92 Å². The van der Waals surface area contributed by atoms with Gasteiger partial charge in [-0.1, -0.05) is 30.7 Å². The summed E-state index contributed by atoms with van der Waals surface area (Å²) in [4.78, 5) is 40.2. The monoisotopic (exact) mass is 501 g/mol. The van der Waals surface area contributed by atoms with Crippen molar-refractivity contribution < 1.29 is 34.1 Å². The van der Waals surface area contributed by atoms with Crippen LogP contribution in [0.2, 0.25) is 0 Å². The molecule has 3 aromatic carbocycles. The number of carbonyl (C=O) groups is 3. The third kappa shape index (κ3) is 4.91. The molecule has 0 spiro atoms. The Morgan fingerprint density at radius 3 is 2.30 bits per heavy atom. The molecule has 0 aliphatic carbocycles. The zero-order valence-electron chi connectivity index (χ0n) is 20.7. The van der Waals surface area contributed by atoms with Crippen molar-refractivity contribution in [3.05, 3.63) is 94.6 Å². The molecule has 190 valence electrons. The summed E-state index contributed by atoms with van der Waals surface area (Å²) in [7, 11) is 1.45. The van der Waals surface area contributed by atoms with E-state index in [-0.39, 0.29) is 22.6 Å². The number of amides is 1. The van der Waals surface area contributed by atoms with Crippen LogP contribution in [-0.4, -0.2) is 41.6 Å². The minimum atomic E-state index is -0.997. The van der Waals surface area contributed by atoms with E-state index in [1.807, 2.05) is 13.8 Å².